The number of hydrogen-bond donors (Lipinski definition) is 1. The number of anilines is 2. The van der Waals surface area contributed by atoms with Gasteiger partial charge in [0.2, 0.25) is 0 Å². The van der Waals surface area contributed by atoms with Crippen molar-refractivity contribution in [1.29, 1.82) is 0 Å². The highest BCUT2D eigenvalue weighted by molar-refractivity contribution is 5.46. The van der Waals surface area contributed by atoms with Gasteiger partial charge in [-0.05, 0) is 43.2 Å². The molecule has 0 amide bonds. The molecule has 0 radical (unpaired) electrons. The number of rotatable bonds is 2. The Morgan fingerprint density at radius 1 is 1.12 bits per heavy atom. The Kier molecular flexibility index (Phi) is 4.34. The molecule has 1 aromatic heterocycles. The first-order chi connectivity index (χ1) is 12.1. The molecule has 25 heavy (non-hydrogen) atoms. The summed E-state index contributed by atoms with van der Waals surface area (Å²) in [4.78, 5) is 13.3. The average molecular weight is 337 g/mol. The minimum Gasteiger partial charge on any atom is -0.384 e. The Balaban J connectivity index is 1.47. The lowest BCUT2D eigenvalue weighted by Gasteiger charge is -2.49. The standard InChI is InChI=1S/C20H27N5/c1-24-13-17(16-5-3-2-4-6-16)12-20(14-24)7-9-25(10-8-20)19-11-18(21)22-15-23-19/h2-6,11,15,17H,7-10,12-14H2,1H3,(H2,21,22,23). The zero-order valence-electron chi connectivity index (χ0n) is 14.9. The van der Waals surface area contributed by atoms with Crippen LogP contribution in [-0.2, 0) is 0 Å². The quantitative estimate of drug-likeness (QED) is 0.913. The number of likely N-dealkylation sites (tertiary alicyclic amines) is 1. The summed E-state index contributed by atoms with van der Waals surface area (Å²) in [5, 5.41) is 0. The van der Waals surface area contributed by atoms with E-state index in [4.69, 9.17) is 5.73 Å². The molecule has 0 saturated carbocycles. The van der Waals surface area contributed by atoms with E-state index < -0.39 is 0 Å². The fraction of sp³-hybridized carbons (Fsp3) is 0.500. The Labute approximate surface area is 149 Å². The highest BCUT2D eigenvalue weighted by atomic mass is 15.2. The summed E-state index contributed by atoms with van der Waals surface area (Å²) in [7, 11) is 2.27. The van der Waals surface area contributed by atoms with Crippen LogP contribution in [-0.4, -0.2) is 48.1 Å². The predicted octanol–water partition coefficient (Wildman–Crippen LogP) is 2.76. The van der Waals surface area contributed by atoms with Crippen molar-refractivity contribution in [3.05, 3.63) is 48.3 Å². The third-order valence-corrected chi connectivity index (χ3v) is 5.91. The lowest BCUT2D eigenvalue weighted by Crippen LogP contribution is -2.50. The molecule has 2 saturated heterocycles. The minimum atomic E-state index is 0.419. The number of nitrogen functional groups attached to an aromatic ring is 1. The van der Waals surface area contributed by atoms with Crippen LogP contribution in [0, 0.1) is 5.41 Å². The van der Waals surface area contributed by atoms with Crippen molar-refractivity contribution in [1.82, 2.24) is 14.9 Å². The van der Waals surface area contributed by atoms with E-state index in [-0.39, 0.29) is 0 Å². The van der Waals surface area contributed by atoms with Crippen molar-refractivity contribution in [3.8, 4) is 0 Å². The molecule has 4 rings (SSSR count). The second-order valence-electron chi connectivity index (χ2n) is 7.80. The van der Waals surface area contributed by atoms with Crippen LogP contribution < -0.4 is 10.6 Å². The smallest absolute Gasteiger partial charge is 0.134 e. The van der Waals surface area contributed by atoms with E-state index >= 15 is 0 Å². The Bertz CT molecular complexity index is 709. The molecule has 2 aliphatic heterocycles. The number of nitrogens with two attached hydrogens (primary N) is 1. The van der Waals surface area contributed by atoms with Crippen LogP contribution in [0.5, 0.6) is 0 Å². The molecule has 5 heteroatoms. The molecule has 1 spiro atoms. The van der Waals surface area contributed by atoms with Gasteiger partial charge in [0.15, 0.2) is 0 Å². The first-order valence-corrected chi connectivity index (χ1v) is 9.20. The zero-order chi connectivity index (χ0) is 17.3. The van der Waals surface area contributed by atoms with Crippen LogP contribution in [0.25, 0.3) is 0 Å². The van der Waals surface area contributed by atoms with Gasteiger partial charge in [-0.15, -0.1) is 0 Å². The minimum absolute atomic E-state index is 0.419. The van der Waals surface area contributed by atoms with Crippen LogP contribution in [0.4, 0.5) is 11.6 Å². The molecule has 5 nitrogen and oxygen atoms in total. The van der Waals surface area contributed by atoms with Crippen LogP contribution in [0.15, 0.2) is 42.7 Å². The normalized spacial score (nSPS) is 23.7. The molecule has 132 valence electrons. The molecule has 2 aliphatic rings. The van der Waals surface area contributed by atoms with Gasteiger partial charge in [0.1, 0.15) is 18.0 Å². The predicted molar refractivity (Wildman–Crippen MR) is 102 cm³/mol. The topological polar surface area (TPSA) is 58.3 Å². The maximum atomic E-state index is 5.82. The lowest BCUT2D eigenvalue weighted by molar-refractivity contribution is 0.0671. The number of hydrogen-bond acceptors (Lipinski definition) is 5. The zero-order valence-corrected chi connectivity index (χ0v) is 14.9. The Hall–Kier alpha value is -2.14. The van der Waals surface area contributed by atoms with Crippen molar-refractivity contribution in [2.24, 2.45) is 5.41 Å². The van der Waals surface area contributed by atoms with Gasteiger partial charge in [0.05, 0.1) is 0 Å². The van der Waals surface area contributed by atoms with E-state index in [0.29, 0.717) is 17.2 Å². The van der Waals surface area contributed by atoms with Gasteiger partial charge in [0.25, 0.3) is 0 Å². The van der Waals surface area contributed by atoms with Crippen molar-refractivity contribution < 1.29 is 0 Å². The SMILES string of the molecule is CN1CC(c2ccccc2)CC2(CCN(c3cc(N)ncn3)CC2)C1. The molecule has 0 aliphatic carbocycles. The third kappa shape index (κ3) is 3.47. The summed E-state index contributed by atoms with van der Waals surface area (Å²) >= 11 is 0. The number of nitrogens with zero attached hydrogens (tertiary/aromatic N) is 4. The number of piperidine rings is 2. The van der Waals surface area contributed by atoms with Crippen LogP contribution in [0.2, 0.25) is 0 Å². The van der Waals surface area contributed by atoms with Crippen LogP contribution in [0.3, 0.4) is 0 Å². The summed E-state index contributed by atoms with van der Waals surface area (Å²) in [6, 6.07) is 12.9. The maximum absolute atomic E-state index is 5.82. The van der Waals surface area contributed by atoms with Gasteiger partial charge in [0, 0.05) is 32.2 Å². The number of aromatic nitrogens is 2. The van der Waals surface area contributed by atoms with E-state index in [1.165, 1.54) is 31.4 Å². The fourth-order valence-electron chi connectivity index (χ4n) is 4.72. The van der Waals surface area contributed by atoms with Crippen molar-refractivity contribution >= 4 is 11.6 Å². The van der Waals surface area contributed by atoms with E-state index in [0.717, 1.165) is 25.5 Å². The lowest BCUT2D eigenvalue weighted by atomic mass is 9.68. The Morgan fingerprint density at radius 2 is 1.88 bits per heavy atom. The summed E-state index contributed by atoms with van der Waals surface area (Å²) in [6.45, 7) is 4.46. The molecular formula is C20H27N5. The second-order valence-corrected chi connectivity index (χ2v) is 7.80. The molecule has 0 bridgehead atoms. The van der Waals surface area contributed by atoms with Crippen LogP contribution in [0.1, 0.15) is 30.7 Å². The van der Waals surface area contributed by atoms with Gasteiger partial charge >= 0.3 is 0 Å². The number of likely N-dealkylation sites (N-methyl/N-ethyl adjacent to an activating group) is 1. The molecule has 2 aromatic rings. The molecule has 1 unspecified atom stereocenters. The summed E-state index contributed by atoms with van der Waals surface area (Å²) in [6.07, 6.45) is 5.28. The van der Waals surface area contributed by atoms with Gasteiger partial charge in [-0.3, -0.25) is 0 Å². The summed E-state index contributed by atoms with van der Waals surface area (Å²) < 4.78 is 0. The average Bonchev–Trinajstić information content (AvgIpc) is 2.62. The van der Waals surface area contributed by atoms with Gasteiger partial charge in [-0.1, -0.05) is 30.3 Å². The molecule has 2 N–H and O–H groups in total. The highest BCUT2D eigenvalue weighted by Crippen LogP contribution is 2.45. The largest absolute Gasteiger partial charge is 0.384 e. The van der Waals surface area contributed by atoms with Gasteiger partial charge in [-0.2, -0.15) is 0 Å². The molecular weight excluding hydrogens is 310 g/mol. The third-order valence-electron chi connectivity index (χ3n) is 5.91. The van der Waals surface area contributed by atoms with Crippen molar-refractivity contribution in [2.75, 3.05) is 43.9 Å². The summed E-state index contributed by atoms with van der Waals surface area (Å²) in [5.74, 6) is 2.15. The first kappa shape index (κ1) is 16.3. The second kappa shape index (κ2) is 6.64. The number of benzene rings is 1. The highest BCUT2D eigenvalue weighted by Gasteiger charge is 2.41. The molecule has 3 heterocycles. The maximum Gasteiger partial charge on any atom is 0.134 e. The first-order valence-electron chi connectivity index (χ1n) is 9.20. The fourth-order valence-corrected chi connectivity index (χ4v) is 4.72. The van der Waals surface area contributed by atoms with E-state index in [2.05, 4.69) is 57.1 Å². The van der Waals surface area contributed by atoms with E-state index in [1.807, 2.05) is 6.07 Å². The Morgan fingerprint density at radius 3 is 2.60 bits per heavy atom. The molecule has 1 aromatic carbocycles. The van der Waals surface area contributed by atoms with Gasteiger partial charge in [-0.25, -0.2) is 9.97 Å². The molecule has 2 fully saturated rings. The monoisotopic (exact) mass is 337 g/mol. The molecule has 1 atom stereocenters. The van der Waals surface area contributed by atoms with E-state index in [1.54, 1.807) is 6.33 Å². The van der Waals surface area contributed by atoms with Crippen LogP contribution >= 0.6 is 0 Å². The van der Waals surface area contributed by atoms with E-state index in [9.17, 15) is 0 Å². The summed E-state index contributed by atoms with van der Waals surface area (Å²) in [5.41, 5.74) is 7.72. The van der Waals surface area contributed by atoms with Gasteiger partial charge < -0.3 is 15.5 Å². The van der Waals surface area contributed by atoms with Crippen molar-refractivity contribution in [2.45, 2.75) is 25.2 Å². The van der Waals surface area contributed by atoms with Crippen molar-refractivity contribution in [3.63, 3.8) is 0 Å².